The number of carbonyl (C=O) groups is 2. The first kappa shape index (κ1) is 17.3. The smallest absolute Gasteiger partial charge is 0.342 e. The standard InChI is InChI=1S/C22H15ClO4/c23-16-7-8-20(24)19(11-16)22(26)27-12-21(25)15-6-5-14-9-13-3-1-2-4-17(13)18(14)10-15/h1-8,10-11,24H,9,12H2. The number of halogens is 1. The van der Waals surface area contributed by atoms with E-state index in [9.17, 15) is 14.7 Å². The van der Waals surface area contributed by atoms with Crippen molar-refractivity contribution < 1.29 is 19.4 Å². The lowest BCUT2D eigenvalue weighted by Gasteiger charge is -2.08. The monoisotopic (exact) mass is 378 g/mol. The van der Waals surface area contributed by atoms with Crippen molar-refractivity contribution in [1.82, 2.24) is 0 Å². The summed E-state index contributed by atoms with van der Waals surface area (Å²) in [6, 6.07) is 17.7. The van der Waals surface area contributed by atoms with Gasteiger partial charge in [-0.15, -0.1) is 0 Å². The third kappa shape index (κ3) is 3.32. The molecule has 4 rings (SSSR count). The average Bonchev–Trinajstić information content (AvgIpc) is 3.05. The maximum atomic E-state index is 12.5. The van der Waals surface area contributed by atoms with Crippen molar-refractivity contribution >= 4 is 23.4 Å². The van der Waals surface area contributed by atoms with E-state index in [2.05, 4.69) is 6.07 Å². The van der Waals surface area contributed by atoms with Gasteiger partial charge in [-0.2, -0.15) is 0 Å². The largest absolute Gasteiger partial charge is 0.507 e. The second-order valence-electron chi connectivity index (χ2n) is 6.37. The molecule has 0 radical (unpaired) electrons. The van der Waals surface area contributed by atoms with E-state index in [1.807, 2.05) is 30.3 Å². The van der Waals surface area contributed by atoms with E-state index in [0.29, 0.717) is 10.6 Å². The van der Waals surface area contributed by atoms with Crippen LogP contribution in [0.25, 0.3) is 11.1 Å². The zero-order valence-corrected chi connectivity index (χ0v) is 15.0. The number of esters is 1. The van der Waals surface area contributed by atoms with Gasteiger partial charge < -0.3 is 9.84 Å². The van der Waals surface area contributed by atoms with Crippen molar-refractivity contribution in [1.29, 1.82) is 0 Å². The van der Waals surface area contributed by atoms with E-state index in [4.69, 9.17) is 16.3 Å². The maximum Gasteiger partial charge on any atom is 0.342 e. The molecular formula is C22H15ClO4. The number of hydrogen-bond acceptors (Lipinski definition) is 4. The summed E-state index contributed by atoms with van der Waals surface area (Å²) in [5.74, 6) is -1.35. The first-order valence-corrected chi connectivity index (χ1v) is 8.81. The van der Waals surface area contributed by atoms with E-state index in [0.717, 1.165) is 17.5 Å². The zero-order valence-electron chi connectivity index (χ0n) is 14.2. The Kier molecular flexibility index (Phi) is 4.42. The molecule has 5 heteroatoms. The number of phenols is 1. The molecule has 0 saturated heterocycles. The first-order valence-electron chi connectivity index (χ1n) is 8.43. The Morgan fingerprint density at radius 3 is 2.59 bits per heavy atom. The highest BCUT2D eigenvalue weighted by Gasteiger charge is 2.20. The van der Waals surface area contributed by atoms with Crippen LogP contribution in [-0.2, 0) is 11.2 Å². The topological polar surface area (TPSA) is 63.6 Å². The van der Waals surface area contributed by atoms with Crippen molar-refractivity contribution in [3.05, 3.63) is 87.9 Å². The predicted molar refractivity (Wildman–Crippen MR) is 102 cm³/mol. The van der Waals surface area contributed by atoms with Crippen LogP contribution >= 0.6 is 11.6 Å². The van der Waals surface area contributed by atoms with Crippen LogP contribution in [0.3, 0.4) is 0 Å². The van der Waals surface area contributed by atoms with Gasteiger partial charge in [0.25, 0.3) is 0 Å². The molecule has 3 aromatic rings. The molecule has 1 N–H and O–H groups in total. The molecule has 0 bridgehead atoms. The Bertz CT molecular complexity index is 1070. The normalized spacial score (nSPS) is 11.6. The summed E-state index contributed by atoms with van der Waals surface area (Å²) in [6.45, 7) is -0.411. The second-order valence-corrected chi connectivity index (χ2v) is 6.80. The second kappa shape index (κ2) is 6.89. The quantitative estimate of drug-likeness (QED) is 0.414. The van der Waals surface area contributed by atoms with Crippen molar-refractivity contribution in [3.63, 3.8) is 0 Å². The number of ether oxygens (including phenoxy) is 1. The predicted octanol–water partition coefficient (Wildman–Crippen LogP) is 4.66. The number of benzene rings is 3. The fraction of sp³-hybridized carbons (Fsp3) is 0.0909. The number of ketones is 1. The molecule has 27 heavy (non-hydrogen) atoms. The van der Waals surface area contributed by atoms with Crippen LogP contribution < -0.4 is 0 Å². The van der Waals surface area contributed by atoms with Crippen molar-refractivity contribution in [2.45, 2.75) is 6.42 Å². The van der Waals surface area contributed by atoms with Crippen LogP contribution in [0.2, 0.25) is 5.02 Å². The summed E-state index contributed by atoms with van der Waals surface area (Å²) in [4.78, 5) is 24.6. The van der Waals surface area contributed by atoms with Crippen LogP contribution in [0.4, 0.5) is 0 Å². The van der Waals surface area contributed by atoms with E-state index in [1.54, 1.807) is 6.07 Å². The average molecular weight is 379 g/mol. The summed E-state index contributed by atoms with van der Waals surface area (Å²) in [5.41, 5.74) is 4.98. The van der Waals surface area contributed by atoms with Gasteiger partial charge in [-0.25, -0.2) is 4.79 Å². The van der Waals surface area contributed by atoms with Gasteiger partial charge in [0.15, 0.2) is 12.4 Å². The summed E-state index contributed by atoms with van der Waals surface area (Å²) in [5, 5.41) is 10.0. The molecule has 0 aliphatic heterocycles. The molecule has 0 atom stereocenters. The van der Waals surface area contributed by atoms with Crippen LogP contribution in [0.15, 0.2) is 60.7 Å². The summed E-state index contributed by atoms with van der Waals surface area (Å²) in [7, 11) is 0. The van der Waals surface area contributed by atoms with Crippen molar-refractivity contribution in [2.24, 2.45) is 0 Å². The molecule has 0 saturated carbocycles. The van der Waals surface area contributed by atoms with Gasteiger partial charge in [0, 0.05) is 10.6 Å². The summed E-state index contributed by atoms with van der Waals surface area (Å²) in [6.07, 6.45) is 0.850. The molecule has 1 aliphatic rings. The Balaban J connectivity index is 1.50. The third-order valence-corrected chi connectivity index (χ3v) is 4.87. The number of aromatic hydroxyl groups is 1. The molecule has 1 aliphatic carbocycles. The number of carbonyl (C=O) groups excluding carboxylic acids is 2. The molecular weight excluding hydrogens is 364 g/mol. The Morgan fingerprint density at radius 1 is 0.963 bits per heavy atom. The molecule has 0 fully saturated rings. The number of Topliss-reactive ketones (excluding diaryl/α,β-unsaturated/α-hetero) is 1. The van der Waals surface area contributed by atoms with Gasteiger partial charge in [-0.3, -0.25) is 4.79 Å². The number of hydrogen-bond donors (Lipinski definition) is 1. The van der Waals surface area contributed by atoms with E-state index >= 15 is 0 Å². The molecule has 0 spiro atoms. The van der Waals surface area contributed by atoms with E-state index in [1.165, 1.54) is 29.3 Å². The minimum absolute atomic E-state index is 0.0711. The summed E-state index contributed by atoms with van der Waals surface area (Å²) < 4.78 is 5.06. The highest BCUT2D eigenvalue weighted by Crippen LogP contribution is 2.36. The van der Waals surface area contributed by atoms with Gasteiger partial charge in [0.05, 0.1) is 0 Å². The van der Waals surface area contributed by atoms with E-state index in [-0.39, 0.29) is 17.1 Å². The Labute approximate surface area is 161 Å². The van der Waals surface area contributed by atoms with Crippen LogP contribution in [0.1, 0.15) is 31.8 Å². The molecule has 0 unspecified atom stereocenters. The van der Waals surface area contributed by atoms with Gasteiger partial charge in [-0.1, -0.05) is 48.0 Å². The fourth-order valence-electron chi connectivity index (χ4n) is 3.26. The van der Waals surface area contributed by atoms with Gasteiger partial charge in [-0.05, 0) is 52.9 Å². The van der Waals surface area contributed by atoms with Crippen molar-refractivity contribution in [3.8, 4) is 16.9 Å². The number of fused-ring (bicyclic) bond motifs is 3. The molecule has 0 aromatic heterocycles. The van der Waals surface area contributed by atoms with Crippen LogP contribution in [0, 0.1) is 0 Å². The number of rotatable bonds is 4. The molecule has 0 amide bonds. The minimum atomic E-state index is -0.796. The van der Waals surface area contributed by atoms with E-state index < -0.39 is 12.6 Å². The molecule has 134 valence electrons. The molecule has 3 aromatic carbocycles. The van der Waals surface area contributed by atoms with Gasteiger partial charge in [0.2, 0.25) is 0 Å². The third-order valence-electron chi connectivity index (χ3n) is 4.63. The highest BCUT2D eigenvalue weighted by molar-refractivity contribution is 6.31. The lowest BCUT2D eigenvalue weighted by Crippen LogP contribution is -2.14. The first-order chi connectivity index (χ1) is 13.0. The molecule has 4 nitrogen and oxygen atoms in total. The van der Waals surface area contributed by atoms with Gasteiger partial charge >= 0.3 is 5.97 Å². The zero-order chi connectivity index (χ0) is 19.0. The lowest BCUT2D eigenvalue weighted by atomic mass is 10.0. The van der Waals surface area contributed by atoms with Crippen molar-refractivity contribution in [2.75, 3.05) is 6.61 Å². The molecule has 0 heterocycles. The van der Waals surface area contributed by atoms with Crippen LogP contribution in [0.5, 0.6) is 5.75 Å². The Morgan fingerprint density at radius 2 is 1.74 bits per heavy atom. The van der Waals surface area contributed by atoms with Crippen LogP contribution in [-0.4, -0.2) is 23.5 Å². The summed E-state index contributed by atoms with van der Waals surface area (Å²) >= 11 is 5.83. The lowest BCUT2D eigenvalue weighted by molar-refractivity contribution is 0.0472. The fourth-order valence-corrected chi connectivity index (χ4v) is 3.43. The van der Waals surface area contributed by atoms with Gasteiger partial charge in [0.1, 0.15) is 11.3 Å². The maximum absolute atomic E-state index is 12.5. The minimum Gasteiger partial charge on any atom is -0.507 e. The highest BCUT2D eigenvalue weighted by atomic mass is 35.5. The number of phenolic OH excluding ortho intramolecular Hbond substituents is 1. The SMILES string of the molecule is O=C(COC(=O)c1cc(Cl)ccc1O)c1ccc2c(c1)-c1ccccc1C2. The Hall–Kier alpha value is -3.11.